The molecule has 0 aliphatic carbocycles. The van der Waals surface area contributed by atoms with E-state index >= 15 is 0 Å². The van der Waals surface area contributed by atoms with E-state index in [9.17, 15) is 13.6 Å². The molecule has 1 fully saturated rings. The first-order valence-electron chi connectivity index (χ1n) is 7.44. The van der Waals surface area contributed by atoms with Crippen LogP contribution in [0.5, 0.6) is 0 Å². The first-order chi connectivity index (χ1) is 10.6. The number of para-hydroxylation sites is 1. The molecule has 1 aromatic heterocycles. The van der Waals surface area contributed by atoms with Gasteiger partial charge in [-0.2, -0.15) is 0 Å². The summed E-state index contributed by atoms with van der Waals surface area (Å²) in [7, 11) is 1.91. The van der Waals surface area contributed by atoms with Gasteiger partial charge >= 0.3 is 6.03 Å². The highest BCUT2D eigenvalue weighted by atomic mass is 19.3. The lowest BCUT2D eigenvalue weighted by Gasteiger charge is -2.32. The van der Waals surface area contributed by atoms with Crippen molar-refractivity contribution in [3.05, 3.63) is 30.5 Å². The van der Waals surface area contributed by atoms with E-state index in [2.05, 4.69) is 5.32 Å². The Balaban J connectivity index is 1.77. The summed E-state index contributed by atoms with van der Waals surface area (Å²) in [5, 5.41) is 3.89. The van der Waals surface area contributed by atoms with E-state index in [4.69, 9.17) is 0 Å². The predicted molar refractivity (Wildman–Crippen MR) is 82.2 cm³/mol. The van der Waals surface area contributed by atoms with Crippen LogP contribution in [-0.2, 0) is 7.05 Å². The third-order valence-electron chi connectivity index (χ3n) is 4.24. The van der Waals surface area contributed by atoms with E-state index in [1.807, 2.05) is 42.1 Å². The fourth-order valence-corrected chi connectivity index (χ4v) is 3.05. The molecule has 1 atom stereocenters. The van der Waals surface area contributed by atoms with E-state index in [-0.39, 0.29) is 12.6 Å². The normalized spacial score (nSPS) is 18.9. The predicted octanol–water partition coefficient (Wildman–Crippen LogP) is 3.69. The molecule has 0 bridgehead atoms. The molecule has 0 radical (unpaired) electrons. The van der Waals surface area contributed by atoms with Crippen molar-refractivity contribution in [2.75, 3.05) is 18.4 Å². The third-order valence-corrected chi connectivity index (χ3v) is 4.24. The van der Waals surface area contributed by atoms with Crippen molar-refractivity contribution in [3.8, 4) is 0 Å². The van der Waals surface area contributed by atoms with E-state index in [0.717, 1.165) is 10.9 Å². The third kappa shape index (κ3) is 2.77. The van der Waals surface area contributed by atoms with Crippen molar-refractivity contribution < 1.29 is 13.6 Å². The SMILES string of the molecule is Cn1ccc2cccc(NC(=O)N3CCCC(C(F)F)C3)c21. The van der Waals surface area contributed by atoms with Crippen molar-refractivity contribution in [2.45, 2.75) is 19.3 Å². The molecule has 1 saturated heterocycles. The number of halogens is 2. The molecule has 6 heteroatoms. The fourth-order valence-electron chi connectivity index (χ4n) is 3.05. The minimum Gasteiger partial charge on any atom is -0.349 e. The average Bonchev–Trinajstić information content (AvgIpc) is 2.90. The maximum Gasteiger partial charge on any atom is 0.321 e. The highest BCUT2D eigenvalue weighted by molar-refractivity contribution is 6.00. The maximum absolute atomic E-state index is 12.8. The molecule has 1 aliphatic rings. The number of alkyl halides is 2. The number of likely N-dealkylation sites (tertiary alicyclic amines) is 1. The first-order valence-corrected chi connectivity index (χ1v) is 7.44. The summed E-state index contributed by atoms with van der Waals surface area (Å²) in [5.74, 6) is -0.717. The summed E-state index contributed by atoms with van der Waals surface area (Å²) in [6.45, 7) is 0.644. The Hall–Kier alpha value is -2.11. The van der Waals surface area contributed by atoms with E-state index in [1.165, 1.54) is 4.90 Å². The second kappa shape index (κ2) is 5.94. The van der Waals surface area contributed by atoms with Crippen LogP contribution in [0, 0.1) is 5.92 Å². The molecular formula is C16H19F2N3O. The van der Waals surface area contributed by atoms with E-state index < -0.39 is 12.3 Å². The van der Waals surface area contributed by atoms with Gasteiger partial charge in [-0.1, -0.05) is 12.1 Å². The summed E-state index contributed by atoms with van der Waals surface area (Å²) in [6, 6.07) is 7.33. The zero-order valence-electron chi connectivity index (χ0n) is 12.4. The van der Waals surface area contributed by atoms with Crippen LogP contribution in [0.1, 0.15) is 12.8 Å². The zero-order chi connectivity index (χ0) is 15.7. The summed E-state index contributed by atoms with van der Waals surface area (Å²) in [4.78, 5) is 13.9. The number of fused-ring (bicyclic) bond motifs is 1. The van der Waals surface area contributed by atoms with Crippen LogP contribution in [-0.4, -0.2) is 35.0 Å². The second-order valence-electron chi connectivity index (χ2n) is 5.78. The molecule has 4 nitrogen and oxygen atoms in total. The summed E-state index contributed by atoms with van der Waals surface area (Å²) < 4.78 is 27.6. The number of aryl methyl sites for hydroxylation is 1. The molecule has 22 heavy (non-hydrogen) atoms. The number of aromatic nitrogens is 1. The Morgan fingerprint density at radius 2 is 2.18 bits per heavy atom. The van der Waals surface area contributed by atoms with Gasteiger partial charge in [0, 0.05) is 37.6 Å². The largest absolute Gasteiger partial charge is 0.349 e. The van der Waals surface area contributed by atoms with Gasteiger partial charge in [0.05, 0.1) is 11.2 Å². The first kappa shape index (κ1) is 14.8. The van der Waals surface area contributed by atoms with Crippen LogP contribution >= 0.6 is 0 Å². The lowest BCUT2D eigenvalue weighted by Crippen LogP contribution is -2.44. The van der Waals surface area contributed by atoms with Gasteiger partial charge < -0.3 is 14.8 Å². The summed E-state index contributed by atoms with van der Waals surface area (Å²) in [5.41, 5.74) is 1.63. The molecule has 0 saturated carbocycles. The number of nitrogens with one attached hydrogen (secondary N) is 1. The molecule has 1 N–H and O–H groups in total. The van der Waals surface area contributed by atoms with E-state index in [0.29, 0.717) is 25.1 Å². The van der Waals surface area contributed by atoms with Gasteiger partial charge in [0.25, 0.3) is 0 Å². The lowest BCUT2D eigenvalue weighted by atomic mass is 9.99. The molecule has 0 spiro atoms. The van der Waals surface area contributed by atoms with Gasteiger partial charge in [-0.25, -0.2) is 13.6 Å². The number of amides is 2. The molecule has 3 rings (SSSR count). The highest BCUT2D eigenvalue weighted by Gasteiger charge is 2.29. The quantitative estimate of drug-likeness (QED) is 0.902. The van der Waals surface area contributed by atoms with Gasteiger partial charge in [0.2, 0.25) is 6.43 Å². The molecule has 2 amide bonds. The minimum absolute atomic E-state index is 0.118. The van der Waals surface area contributed by atoms with Gasteiger partial charge in [-0.15, -0.1) is 0 Å². The van der Waals surface area contributed by atoms with Gasteiger partial charge in [0.1, 0.15) is 0 Å². The van der Waals surface area contributed by atoms with Gasteiger partial charge in [-0.3, -0.25) is 0 Å². The number of anilines is 1. The molecule has 1 aliphatic heterocycles. The molecule has 118 valence electrons. The van der Waals surface area contributed by atoms with Crippen LogP contribution in [0.25, 0.3) is 10.9 Å². The molecular weight excluding hydrogens is 288 g/mol. The molecule has 2 aromatic rings. The summed E-state index contributed by atoms with van der Waals surface area (Å²) in [6.07, 6.45) is 0.659. The number of nitrogens with zero attached hydrogens (tertiary/aromatic N) is 2. The number of benzene rings is 1. The number of hydrogen-bond acceptors (Lipinski definition) is 1. The zero-order valence-corrected chi connectivity index (χ0v) is 12.4. The van der Waals surface area contributed by atoms with Crippen molar-refractivity contribution in [1.82, 2.24) is 9.47 Å². The van der Waals surface area contributed by atoms with Crippen LogP contribution in [0.2, 0.25) is 0 Å². The Morgan fingerprint density at radius 3 is 2.95 bits per heavy atom. The molecule has 2 heterocycles. The van der Waals surface area contributed by atoms with Crippen molar-refractivity contribution in [2.24, 2.45) is 13.0 Å². The van der Waals surface area contributed by atoms with Crippen molar-refractivity contribution in [3.63, 3.8) is 0 Å². The van der Waals surface area contributed by atoms with Crippen LogP contribution < -0.4 is 5.32 Å². The number of carbonyl (C=O) groups excluding carboxylic acids is 1. The van der Waals surface area contributed by atoms with Crippen LogP contribution in [0.4, 0.5) is 19.3 Å². The number of piperidine rings is 1. The van der Waals surface area contributed by atoms with Gasteiger partial charge in [0.15, 0.2) is 0 Å². The van der Waals surface area contributed by atoms with Crippen LogP contribution in [0.3, 0.4) is 0 Å². The average molecular weight is 307 g/mol. The fraction of sp³-hybridized carbons (Fsp3) is 0.438. The van der Waals surface area contributed by atoms with Crippen molar-refractivity contribution in [1.29, 1.82) is 0 Å². The highest BCUT2D eigenvalue weighted by Crippen LogP contribution is 2.26. The molecule has 1 unspecified atom stereocenters. The Labute approximate surface area is 127 Å². The van der Waals surface area contributed by atoms with Crippen LogP contribution in [0.15, 0.2) is 30.5 Å². The number of rotatable bonds is 2. The smallest absolute Gasteiger partial charge is 0.321 e. The Kier molecular flexibility index (Phi) is 4.00. The topological polar surface area (TPSA) is 37.3 Å². The Bertz CT molecular complexity index is 683. The lowest BCUT2D eigenvalue weighted by molar-refractivity contribution is 0.0391. The number of urea groups is 1. The van der Waals surface area contributed by atoms with E-state index in [1.54, 1.807) is 0 Å². The molecule has 1 aromatic carbocycles. The Morgan fingerprint density at radius 1 is 1.36 bits per heavy atom. The monoisotopic (exact) mass is 307 g/mol. The maximum atomic E-state index is 12.8. The number of carbonyl (C=O) groups is 1. The minimum atomic E-state index is -2.37. The number of hydrogen-bond donors (Lipinski definition) is 1. The second-order valence-corrected chi connectivity index (χ2v) is 5.78. The standard InChI is InChI=1S/C16H19F2N3O/c1-20-9-7-11-4-2-6-13(14(11)20)19-16(22)21-8-3-5-12(10-21)15(17)18/h2,4,6-7,9,12,15H,3,5,8,10H2,1H3,(H,19,22). The van der Waals surface area contributed by atoms with Gasteiger partial charge in [-0.05, 0) is 25.0 Å². The van der Waals surface area contributed by atoms with Crippen molar-refractivity contribution >= 4 is 22.6 Å². The summed E-state index contributed by atoms with van der Waals surface area (Å²) >= 11 is 0.